The minimum atomic E-state index is -4.52. The number of benzene rings is 1. The monoisotopic (exact) mass is 364 g/mol. The van der Waals surface area contributed by atoms with E-state index in [0.29, 0.717) is 0 Å². The van der Waals surface area contributed by atoms with Crippen LogP contribution in [0.1, 0.15) is 49.4 Å². The van der Waals surface area contributed by atoms with Gasteiger partial charge in [-0.3, -0.25) is 0 Å². The van der Waals surface area contributed by atoms with Gasteiger partial charge < -0.3 is 10.6 Å². The zero-order chi connectivity index (χ0) is 18.7. The Kier molecular flexibility index (Phi) is 5.34. The Morgan fingerprint density at radius 3 is 2.54 bits per heavy atom. The molecule has 0 radical (unpaired) electrons. The van der Waals surface area contributed by atoms with Crippen molar-refractivity contribution in [1.82, 2.24) is 9.97 Å². The minimum absolute atomic E-state index is 0.0286. The number of alkyl halides is 3. The Hall–Kier alpha value is -2.31. The molecule has 140 valence electrons. The summed E-state index contributed by atoms with van der Waals surface area (Å²) in [5.41, 5.74) is 1.85. The van der Waals surface area contributed by atoms with Gasteiger partial charge in [0.15, 0.2) is 5.69 Å². The van der Waals surface area contributed by atoms with E-state index in [0.717, 1.165) is 55.0 Å². The van der Waals surface area contributed by atoms with Gasteiger partial charge in [-0.2, -0.15) is 18.2 Å². The molecular formula is C19H23F3N4. The smallest absolute Gasteiger partial charge is 0.351 e. The third-order valence-electron chi connectivity index (χ3n) is 4.70. The van der Waals surface area contributed by atoms with Gasteiger partial charge in [0, 0.05) is 17.8 Å². The highest BCUT2D eigenvalue weighted by atomic mass is 19.4. The number of anilines is 3. The van der Waals surface area contributed by atoms with E-state index in [4.69, 9.17) is 0 Å². The van der Waals surface area contributed by atoms with Crippen LogP contribution in [0.25, 0.3) is 0 Å². The van der Waals surface area contributed by atoms with Crippen LogP contribution in [0, 0.1) is 6.92 Å². The topological polar surface area (TPSA) is 49.8 Å². The van der Waals surface area contributed by atoms with Gasteiger partial charge >= 0.3 is 6.18 Å². The molecule has 4 nitrogen and oxygen atoms in total. The molecule has 0 saturated heterocycles. The molecule has 7 heteroatoms. The predicted octanol–water partition coefficient (Wildman–Crippen LogP) is 5.46. The van der Waals surface area contributed by atoms with Gasteiger partial charge in [-0.05, 0) is 37.3 Å². The lowest BCUT2D eigenvalue weighted by atomic mass is 10.1. The molecule has 2 aromatic rings. The first-order valence-corrected chi connectivity index (χ1v) is 8.95. The van der Waals surface area contributed by atoms with Crippen molar-refractivity contribution in [2.45, 2.75) is 58.2 Å². The summed E-state index contributed by atoms with van der Waals surface area (Å²) >= 11 is 0. The van der Waals surface area contributed by atoms with E-state index in [9.17, 15) is 13.2 Å². The van der Waals surface area contributed by atoms with Gasteiger partial charge in [0.2, 0.25) is 5.95 Å². The van der Waals surface area contributed by atoms with Crippen LogP contribution in [0.2, 0.25) is 0 Å². The fraction of sp³-hybridized carbons (Fsp3) is 0.474. The third kappa shape index (κ3) is 4.26. The number of nitrogens with zero attached hydrogens (tertiary/aromatic N) is 2. The Labute approximate surface area is 151 Å². The summed E-state index contributed by atoms with van der Waals surface area (Å²) in [5, 5.41) is 6.14. The van der Waals surface area contributed by atoms with Crippen molar-refractivity contribution in [3.8, 4) is 0 Å². The van der Waals surface area contributed by atoms with E-state index in [1.54, 1.807) is 0 Å². The number of nitrogens with one attached hydrogen (secondary N) is 2. The van der Waals surface area contributed by atoms with Crippen LogP contribution in [0.3, 0.4) is 0 Å². The second-order valence-electron chi connectivity index (χ2n) is 6.67. The van der Waals surface area contributed by atoms with Gasteiger partial charge in [0.1, 0.15) is 5.82 Å². The molecule has 0 bridgehead atoms. The third-order valence-corrected chi connectivity index (χ3v) is 4.70. The van der Waals surface area contributed by atoms with Crippen LogP contribution in [-0.2, 0) is 12.6 Å². The molecule has 1 heterocycles. The zero-order valence-electron chi connectivity index (χ0n) is 15.0. The molecule has 0 aliphatic heterocycles. The van der Waals surface area contributed by atoms with Crippen LogP contribution in [0.4, 0.5) is 30.6 Å². The molecule has 1 saturated carbocycles. The van der Waals surface area contributed by atoms with Crippen molar-refractivity contribution in [1.29, 1.82) is 0 Å². The van der Waals surface area contributed by atoms with Crippen molar-refractivity contribution in [2.75, 3.05) is 10.6 Å². The first kappa shape index (κ1) is 18.5. The number of hydrogen-bond acceptors (Lipinski definition) is 4. The maximum absolute atomic E-state index is 13.3. The van der Waals surface area contributed by atoms with Crippen LogP contribution in [-0.4, -0.2) is 16.0 Å². The molecule has 1 aliphatic rings. The van der Waals surface area contributed by atoms with E-state index in [1.165, 1.54) is 0 Å². The van der Waals surface area contributed by atoms with Crippen LogP contribution in [0.5, 0.6) is 0 Å². The number of rotatable bonds is 5. The van der Waals surface area contributed by atoms with E-state index < -0.39 is 11.9 Å². The molecule has 0 atom stereocenters. The summed E-state index contributed by atoms with van der Waals surface area (Å²) in [7, 11) is 0. The van der Waals surface area contributed by atoms with Crippen LogP contribution >= 0.6 is 0 Å². The van der Waals surface area contributed by atoms with Crippen molar-refractivity contribution in [3.63, 3.8) is 0 Å². The summed E-state index contributed by atoms with van der Waals surface area (Å²) in [6.45, 7) is 3.93. The lowest BCUT2D eigenvalue weighted by Gasteiger charge is -2.17. The summed E-state index contributed by atoms with van der Waals surface area (Å²) < 4.78 is 39.8. The maximum atomic E-state index is 13.3. The van der Waals surface area contributed by atoms with E-state index >= 15 is 0 Å². The Morgan fingerprint density at radius 2 is 1.88 bits per heavy atom. The fourth-order valence-electron chi connectivity index (χ4n) is 3.30. The molecule has 26 heavy (non-hydrogen) atoms. The molecule has 1 aromatic heterocycles. The van der Waals surface area contributed by atoms with E-state index in [1.807, 2.05) is 32.0 Å². The van der Waals surface area contributed by atoms with Gasteiger partial charge in [-0.25, -0.2) is 4.98 Å². The first-order valence-electron chi connectivity index (χ1n) is 8.95. The molecule has 0 unspecified atom stereocenters. The zero-order valence-corrected chi connectivity index (χ0v) is 15.0. The molecule has 1 aromatic carbocycles. The van der Waals surface area contributed by atoms with Gasteiger partial charge in [-0.1, -0.05) is 38.0 Å². The normalized spacial score (nSPS) is 15.3. The lowest BCUT2D eigenvalue weighted by molar-refractivity contribution is -0.141. The highest BCUT2D eigenvalue weighted by molar-refractivity contribution is 5.65. The van der Waals surface area contributed by atoms with E-state index in [-0.39, 0.29) is 17.8 Å². The van der Waals surface area contributed by atoms with Crippen LogP contribution in [0.15, 0.2) is 24.3 Å². The summed E-state index contributed by atoms with van der Waals surface area (Å²) in [6.07, 6.45) is 0.259. The molecule has 3 rings (SSSR count). The molecular weight excluding hydrogens is 341 g/mol. The summed E-state index contributed by atoms with van der Waals surface area (Å²) in [5.74, 6) is 0.178. The molecule has 2 N–H and O–H groups in total. The molecule has 0 amide bonds. The van der Waals surface area contributed by atoms with Crippen LogP contribution < -0.4 is 10.6 Å². The van der Waals surface area contributed by atoms with Crippen molar-refractivity contribution < 1.29 is 13.2 Å². The number of aryl methyl sites for hydroxylation is 2. The molecule has 1 fully saturated rings. The van der Waals surface area contributed by atoms with Crippen molar-refractivity contribution >= 4 is 17.5 Å². The predicted molar refractivity (Wildman–Crippen MR) is 96.8 cm³/mol. The highest BCUT2D eigenvalue weighted by Gasteiger charge is 2.34. The molecule has 1 aliphatic carbocycles. The highest BCUT2D eigenvalue weighted by Crippen LogP contribution is 2.32. The second-order valence-corrected chi connectivity index (χ2v) is 6.67. The SMILES string of the molecule is CCc1cccc(C)c1Nc1cc(C(F)(F)F)nc(NC2CCCC2)n1. The molecule has 0 spiro atoms. The van der Waals surface area contributed by atoms with Gasteiger partial charge in [0.25, 0.3) is 0 Å². The fourth-order valence-corrected chi connectivity index (χ4v) is 3.30. The van der Waals surface area contributed by atoms with E-state index in [2.05, 4.69) is 20.6 Å². The summed E-state index contributed by atoms with van der Waals surface area (Å²) in [4.78, 5) is 7.98. The Balaban J connectivity index is 1.95. The number of hydrogen-bond donors (Lipinski definition) is 2. The Morgan fingerprint density at radius 1 is 1.15 bits per heavy atom. The first-order chi connectivity index (χ1) is 12.4. The average molecular weight is 364 g/mol. The Bertz CT molecular complexity index is 768. The second kappa shape index (κ2) is 7.51. The average Bonchev–Trinajstić information content (AvgIpc) is 3.08. The van der Waals surface area contributed by atoms with Crippen molar-refractivity contribution in [2.24, 2.45) is 0 Å². The van der Waals surface area contributed by atoms with Crippen molar-refractivity contribution in [3.05, 3.63) is 41.1 Å². The largest absolute Gasteiger partial charge is 0.433 e. The van der Waals surface area contributed by atoms with Gasteiger partial charge in [-0.15, -0.1) is 0 Å². The number of aromatic nitrogens is 2. The number of para-hydroxylation sites is 1. The maximum Gasteiger partial charge on any atom is 0.433 e. The van der Waals surface area contributed by atoms with Gasteiger partial charge in [0.05, 0.1) is 0 Å². The standard InChI is InChI=1S/C19H23F3N4/c1-3-13-8-6-7-12(2)17(13)25-16-11-15(19(20,21)22)24-18(26-16)23-14-9-4-5-10-14/h6-8,11,14H,3-5,9-10H2,1-2H3,(H2,23,24,25,26). The quantitative estimate of drug-likeness (QED) is 0.739. The lowest BCUT2D eigenvalue weighted by Crippen LogP contribution is -2.19. The number of halogens is 3. The summed E-state index contributed by atoms with van der Waals surface area (Å²) in [6, 6.07) is 6.92. The minimum Gasteiger partial charge on any atom is -0.351 e.